The van der Waals surface area contributed by atoms with Crippen LogP contribution in [0.5, 0.6) is 0 Å². The summed E-state index contributed by atoms with van der Waals surface area (Å²) < 4.78 is 93.3. The van der Waals surface area contributed by atoms with Crippen LogP contribution in [0.1, 0.15) is 189 Å². The normalized spacial score (nSPS) is 18.6. The van der Waals surface area contributed by atoms with Gasteiger partial charge in [0.2, 0.25) is 5.79 Å². The van der Waals surface area contributed by atoms with Crippen LogP contribution in [-0.4, -0.2) is 100 Å². The molecule has 6 unspecified atom stereocenters. The Morgan fingerprint density at radius 3 is 1.67 bits per heavy atom. The molecule has 0 aromatic rings. The molecule has 0 saturated carbocycles. The number of methoxy groups -OCH3 is 1. The zero-order valence-corrected chi connectivity index (χ0v) is 42.1. The third kappa shape index (κ3) is 17.8. The van der Waals surface area contributed by atoms with E-state index >= 15 is 4.53 Å². The minimum Gasteiger partial charge on any atom is -0.348 e. The van der Waals surface area contributed by atoms with E-state index in [1.807, 2.05) is 76.2 Å². The van der Waals surface area contributed by atoms with Gasteiger partial charge in [-0.2, -0.15) is 0 Å². The molecule has 0 saturated heterocycles. The molecule has 0 radical (unpaired) electrons. The van der Waals surface area contributed by atoms with Crippen LogP contribution < -0.4 is 0 Å². The lowest BCUT2D eigenvalue weighted by molar-refractivity contribution is -0.614. The summed E-state index contributed by atoms with van der Waals surface area (Å²) >= 11 is 0. The van der Waals surface area contributed by atoms with Gasteiger partial charge in [-0.25, -0.2) is 0 Å². The van der Waals surface area contributed by atoms with Crippen LogP contribution in [0.3, 0.4) is 0 Å². The summed E-state index contributed by atoms with van der Waals surface area (Å²) in [5, 5.41) is 0. The monoisotopic (exact) mass is 871 g/mol. The SMILES string of the molecule is CCCCCOC(OF)(OC(C)CC)C(OCCCC)(OCC(C)C)C(OCCC)(OC(C)C)C(CC(OCCC(C)C)(OCC(C)(C)C)OC(C)(C)CC)(OC)OCC. The lowest BCUT2D eigenvalue weighted by atomic mass is 9.87. The Kier molecular flexibility index (Phi) is 28.1. The first-order valence-electron chi connectivity index (χ1n) is 23.4. The van der Waals surface area contributed by atoms with Gasteiger partial charge in [0.25, 0.3) is 11.8 Å². The molecule has 0 fully saturated rings. The largest absolute Gasteiger partial charge is 0.379 e. The molecule has 0 bridgehead atoms. The summed E-state index contributed by atoms with van der Waals surface area (Å²) in [5.74, 6) is -11.7. The zero-order chi connectivity index (χ0) is 46.3. The highest BCUT2D eigenvalue weighted by molar-refractivity contribution is 5.08. The smallest absolute Gasteiger partial charge is 0.348 e. The number of hydrogen-bond donors (Lipinski definition) is 0. The van der Waals surface area contributed by atoms with Gasteiger partial charge >= 0.3 is 11.8 Å². The van der Waals surface area contributed by atoms with Crippen molar-refractivity contribution in [1.82, 2.24) is 0 Å². The molecule has 60 heavy (non-hydrogen) atoms. The van der Waals surface area contributed by atoms with Crippen molar-refractivity contribution in [2.45, 2.75) is 236 Å². The summed E-state index contributed by atoms with van der Waals surface area (Å²) in [6.45, 7) is 36.3. The van der Waals surface area contributed by atoms with Crippen LogP contribution in [0.15, 0.2) is 0 Å². The van der Waals surface area contributed by atoms with Gasteiger partial charge in [-0.1, -0.05) is 102 Å². The van der Waals surface area contributed by atoms with E-state index in [2.05, 4.69) is 41.5 Å². The maximum Gasteiger partial charge on any atom is 0.379 e. The van der Waals surface area contributed by atoms with Crippen LogP contribution in [-0.2, 0) is 57.0 Å². The van der Waals surface area contributed by atoms with E-state index < -0.39 is 47.1 Å². The number of halogens is 1. The fourth-order valence-corrected chi connectivity index (χ4v) is 6.25. The van der Waals surface area contributed by atoms with Gasteiger partial charge in [0.15, 0.2) is 0 Å². The Hall–Kier alpha value is -0.550. The van der Waals surface area contributed by atoms with Gasteiger partial charge in [-0.15, -0.1) is 4.94 Å². The lowest BCUT2D eigenvalue weighted by Crippen LogP contribution is -2.83. The second-order valence-corrected chi connectivity index (χ2v) is 19.0. The van der Waals surface area contributed by atoms with Crippen molar-refractivity contribution >= 4 is 0 Å². The molecule has 0 heterocycles. The predicted molar refractivity (Wildman–Crippen MR) is 236 cm³/mol. The topological polar surface area (TPSA) is 111 Å². The standard InChI is InChI=1S/C47H95FO12/c1-20-26-28-32-54-47(60-48,58-40(13)23-4)46(53-31-27-21-2,55-34-38(9)10)45(52-30-22-3,57-39(11)12)43(49-19,50-25-6)35-44(51-33-29-37(7)8,56-36-41(14,15)16)59-42(17,18)24-5/h37-40H,20-36H2,1-19H3. The summed E-state index contributed by atoms with van der Waals surface area (Å²) in [7, 11) is 1.48. The van der Waals surface area contributed by atoms with E-state index in [0.29, 0.717) is 44.4 Å². The quantitative estimate of drug-likeness (QED) is 0.0435. The third-order valence-corrected chi connectivity index (χ3v) is 9.93. The molecule has 0 N–H and O–H groups in total. The van der Waals surface area contributed by atoms with Crippen molar-refractivity contribution in [2.24, 2.45) is 17.3 Å². The van der Waals surface area contributed by atoms with Gasteiger partial charge < -0.3 is 52.1 Å². The number of hydrogen-bond acceptors (Lipinski definition) is 12. The maximum atomic E-state index is 16.6. The van der Waals surface area contributed by atoms with Crippen LogP contribution >= 0.6 is 0 Å². The van der Waals surface area contributed by atoms with Gasteiger partial charge in [-0.05, 0) is 102 Å². The van der Waals surface area contributed by atoms with Gasteiger partial charge in [0.05, 0.1) is 63.9 Å². The van der Waals surface area contributed by atoms with Crippen molar-refractivity contribution in [3.8, 4) is 0 Å². The van der Waals surface area contributed by atoms with Crippen molar-refractivity contribution in [3.63, 3.8) is 0 Å². The molecule has 13 heteroatoms. The van der Waals surface area contributed by atoms with Crippen molar-refractivity contribution in [3.05, 3.63) is 0 Å². The van der Waals surface area contributed by atoms with E-state index in [4.69, 9.17) is 57.0 Å². The summed E-state index contributed by atoms with van der Waals surface area (Å²) in [6, 6.07) is 0. The molecule has 362 valence electrons. The minimum absolute atomic E-state index is 0.0000479. The molecule has 12 nitrogen and oxygen atoms in total. The highest BCUT2D eigenvalue weighted by Crippen LogP contribution is 2.56. The fourth-order valence-electron chi connectivity index (χ4n) is 6.25. The van der Waals surface area contributed by atoms with E-state index in [9.17, 15) is 0 Å². The van der Waals surface area contributed by atoms with Crippen molar-refractivity contribution in [2.75, 3.05) is 53.4 Å². The van der Waals surface area contributed by atoms with Crippen molar-refractivity contribution < 1.29 is 61.6 Å². The van der Waals surface area contributed by atoms with Crippen LogP contribution in [0.25, 0.3) is 0 Å². The molecule has 0 aliphatic carbocycles. The van der Waals surface area contributed by atoms with E-state index in [1.54, 1.807) is 6.92 Å². The fraction of sp³-hybridized carbons (Fsp3) is 1.00. The molecule has 0 rings (SSSR count). The molecule has 6 atom stereocenters. The van der Waals surface area contributed by atoms with Crippen LogP contribution in [0.4, 0.5) is 4.53 Å². The van der Waals surface area contributed by atoms with Gasteiger partial charge in [0, 0.05) is 13.7 Å². The molecule has 0 aliphatic heterocycles. The minimum atomic E-state index is -2.78. The third-order valence-electron chi connectivity index (χ3n) is 9.93. The van der Waals surface area contributed by atoms with Gasteiger partial charge in [-0.3, -0.25) is 0 Å². The molecule has 0 aromatic carbocycles. The second kappa shape index (κ2) is 28.4. The average Bonchev–Trinajstić information content (AvgIpc) is 3.17. The summed E-state index contributed by atoms with van der Waals surface area (Å²) in [6.07, 6.45) is 4.13. The Morgan fingerprint density at radius 2 is 1.20 bits per heavy atom. The molecule has 0 aromatic heterocycles. The zero-order valence-electron chi connectivity index (χ0n) is 42.1. The number of unbranched alkanes of at least 4 members (excludes halogenated alkanes) is 3. The van der Waals surface area contributed by atoms with Crippen molar-refractivity contribution in [1.29, 1.82) is 0 Å². The molecular weight excluding hydrogens is 776 g/mol. The first-order chi connectivity index (χ1) is 28.0. The summed E-state index contributed by atoms with van der Waals surface area (Å²) in [5.41, 5.74) is -1.12. The molecule has 0 spiro atoms. The Morgan fingerprint density at radius 1 is 0.583 bits per heavy atom. The molecular formula is C47H95FO12. The molecule has 0 amide bonds. The Bertz CT molecular complexity index is 1090. The highest BCUT2D eigenvalue weighted by atomic mass is 19.3. The van der Waals surface area contributed by atoms with Crippen LogP contribution in [0, 0.1) is 17.3 Å². The first kappa shape index (κ1) is 59.5. The number of rotatable bonds is 38. The van der Waals surface area contributed by atoms with E-state index in [-0.39, 0.29) is 64.0 Å². The predicted octanol–water partition coefficient (Wildman–Crippen LogP) is 12.1. The molecule has 0 aliphatic rings. The second-order valence-electron chi connectivity index (χ2n) is 19.0. The van der Waals surface area contributed by atoms with E-state index in [0.717, 1.165) is 19.3 Å². The van der Waals surface area contributed by atoms with Crippen LogP contribution in [0.2, 0.25) is 0 Å². The first-order valence-corrected chi connectivity index (χ1v) is 23.4. The average molecular weight is 871 g/mol. The summed E-state index contributed by atoms with van der Waals surface area (Å²) in [4.78, 5) is 5.16. The maximum absolute atomic E-state index is 16.6. The Balaban J connectivity index is 9.41. The number of ether oxygens (including phenoxy) is 11. The highest BCUT2D eigenvalue weighted by Gasteiger charge is 2.82. The lowest BCUT2D eigenvalue weighted by Gasteiger charge is -2.60. The van der Waals surface area contributed by atoms with Gasteiger partial charge in [0.1, 0.15) is 0 Å². The van der Waals surface area contributed by atoms with E-state index in [1.165, 1.54) is 7.11 Å². The Labute approximate surface area is 367 Å².